The monoisotopic (exact) mass is 671 g/mol. The highest BCUT2D eigenvalue weighted by atomic mass is 16.2. The van der Waals surface area contributed by atoms with Gasteiger partial charge in [-0.25, -0.2) is 0 Å². The van der Waals surface area contributed by atoms with E-state index in [1.165, 1.54) is 0 Å². The average Bonchev–Trinajstić information content (AvgIpc) is 3.36. The molecule has 3 unspecified atom stereocenters. The Morgan fingerprint density at radius 1 is 0.958 bits per heavy atom. The minimum atomic E-state index is -1.05. The molecule has 7 N–H and O–H groups in total. The van der Waals surface area contributed by atoms with E-state index in [9.17, 15) is 38.4 Å². The third-order valence-electron chi connectivity index (χ3n) is 8.73. The molecule has 0 bridgehead atoms. The summed E-state index contributed by atoms with van der Waals surface area (Å²) in [6, 6.07) is 7.86. The number of rotatable bonds is 22. The number of nitrogens with one attached hydrogen (secondary N) is 5. The first-order chi connectivity index (χ1) is 22.8. The summed E-state index contributed by atoms with van der Waals surface area (Å²) in [5, 5.41) is 12.9. The summed E-state index contributed by atoms with van der Waals surface area (Å²) >= 11 is 0. The lowest BCUT2D eigenvalue weighted by molar-refractivity contribution is -0.141. The summed E-state index contributed by atoms with van der Waals surface area (Å²) in [5.41, 5.74) is 5.52. The Hall–Kier alpha value is -4.66. The van der Waals surface area contributed by atoms with Crippen molar-refractivity contribution in [2.75, 3.05) is 39.3 Å². The van der Waals surface area contributed by atoms with Crippen molar-refractivity contribution < 1.29 is 38.4 Å². The summed E-state index contributed by atoms with van der Waals surface area (Å²) in [6.45, 7) is 5.08. The number of imide groups is 1. The molecule has 7 amide bonds. The standard InChI is InChI=1S/C33H49N7O8/c1-4-33(3,5-2)24-15-30(46)40(32(24)48)20-23(21-41)16-35-17-27(43)37-19-29(45)39-25(14-22-10-7-6-8-11-22)31(47)38-18-28(44)36-13-9-12-26(34)42/h6-8,10-11,21,23-25,35H,4-5,9,12-20H2,1-3H3,(H2,34,42)(H,36,44)(H,37,43)(H,38,47)(H,39,45). The molecule has 0 aromatic heterocycles. The largest absolute Gasteiger partial charge is 0.370 e. The summed E-state index contributed by atoms with van der Waals surface area (Å²) in [4.78, 5) is 99.4. The molecular formula is C33H49N7O8. The maximum atomic E-state index is 13.0. The Morgan fingerprint density at radius 2 is 1.60 bits per heavy atom. The molecule has 15 nitrogen and oxygen atoms in total. The van der Waals surface area contributed by atoms with Crippen LogP contribution in [0.4, 0.5) is 0 Å². The van der Waals surface area contributed by atoms with Gasteiger partial charge in [-0.3, -0.25) is 38.5 Å². The number of primary amides is 1. The Kier molecular flexibility index (Phi) is 16.4. The Bertz CT molecular complexity index is 1300. The lowest BCUT2D eigenvalue weighted by Gasteiger charge is -2.32. The van der Waals surface area contributed by atoms with E-state index >= 15 is 0 Å². The molecule has 0 saturated carbocycles. The molecular weight excluding hydrogens is 622 g/mol. The van der Waals surface area contributed by atoms with Crippen LogP contribution in [0.5, 0.6) is 0 Å². The zero-order valence-electron chi connectivity index (χ0n) is 28.0. The summed E-state index contributed by atoms with van der Waals surface area (Å²) < 4.78 is 0. The number of likely N-dealkylation sites (tertiary alicyclic amines) is 1. The number of carbonyl (C=O) groups is 8. The topological polar surface area (TPSA) is 226 Å². The Labute approximate surface area is 280 Å². The number of benzene rings is 1. The van der Waals surface area contributed by atoms with Crippen LogP contribution >= 0.6 is 0 Å². The summed E-state index contributed by atoms with van der Waals surface area (Å²) in [6.07, 6.45) is 2.84. The number of hydrogen-bond acceptors (Lipinski definition) is 9. The molecule has 0 aliphatic carbocycles. The smallest absolute Gasteiger partial charge is 0.243 e. The van der Waals surface area contributed by atoms with Gasteiger partial charge in [0, 0.05) is 44.8 Å². The normalized spacial score (nSPS) is 15.7. The molecule has 3 atom stereocenters. The molecule has 1 heterocycles. The number of hydrogen-bond donors (Lipinski definition) is 6. The molecule has 1 aromatic carbocycles. The third kappa shape index (κ3) is 12.9. The van der Waals surface area contributed by atoms with E-state index in [4.69, 9.17) is 5.73 Å². The summed E-state index contributed by atoms with van der Waals surface area (Å²) in [7, 11) is 0. The van der Waals surface area contributed by atoms with Crippen LogP contribution in [0.1, 0.15) is 58.4 Å². The fourth-order valence-corrected chi connectivity index (χ4v) is 5.31. The van der Waals surface area contributed by atoms with Crippen molar-refractivity contribution in [1.82, 2.24) is 31.5 Å². The van der Waals surface area contributed by atoms with Gasteiger partial charge in [0.05, 0.1) is 25.6 Å². The maximum absolute atomic E-state index is 13.0. The highest BCUT2D eigenvalue weighted by Gasteiger charge is 2.47. The first-order valence-corrected chi connectivity index (χ1v) is 16.3. The first kappa shape index (κ1) is 39.5. The van der Waals surface area contributed by atoms with Crippen LogP contribution in [0.3, 0.4) is 0 Å². The third-order valence-corrected chi connectivity index (χ3v) is 8.73. The number of carbonyl (C=O) groups excluding carboxylic acids is 8. The zero-order chi connectivity index (χ0) is 35.7. The Morgan fingerprint density at radius 3 is 2.23 bits per heavy atom. The van der Waals surface area contributed by atoms with Gasteiger partial charge in [-0.05, 0) is 30.2 Å². The summed E-state index contributed by atoms with van der Waals surface area (Å²) in [5.74, 6) is -4.51. The van der Waals surface area contributed by atoms with Crippen LogP contribution in [-0.2, 0) is 44.8 Å². The van der Waals surface area contributed by atoms with E-state index in [2.05, 4.69) is 26.6 Å². The quantitative estimate of drug-likeness (QED) is 0.0501. The fraction of sp³-hybridized carbons (Fsp3) is 0.576. The number of aldehydes is 1. The molecule has 1 fully saturated rings. The van der Waals surface area contributed by atoms with E-state index in [1.807, 2.05) is 20.8 Å². The van der Waals surface area contributed by atoms with Crippen LogP contribution in [0, 0.1) is 17.3 Å². The highest BCUT2D eigenvalue weighted by Crippen LogP contribution is 2.41. The number of nitrogens with two attached hydrogens (primary N) is 1. The maximum Gasteiger partial charge on any atom is 0.243 e. The minimum Gasteiger partial charge on any atom is -0.370 e. The molecule has 0 radical (unpaired) electrons. The van der Waals surface area contributed by atoms with Crippen molar-refractivity contribution in [1.29, 1.82) is 0 Å². The molecule has 1 saturated heterocycles. The zero-order valence-corrected chi connectivity index (χ0v) is 28.0. The van der Waals surface area contributed by atoms with E-state index in [0.717, 1.165) is 23.3 Å². The van der Waals surface area contributed by atoms with Crippen LogP contribution in [0.15, 0.2) is 30.3 Å². The predicted molar refractivity (Wildman–Crippen MR) is 175 cm³/mol. The van der Waals surface area contributed by atoms with Gasteiger partial charge in [0.15, 0.2) is 0 Å². The van der Waals surface area contributed by atoms with Crippen molar-refractivity contribution in [3.63, 3.8) is 0 Å². The van der Waals surface area contributed by atoms with Crippen LogP contribution in [-0.4, -0.2) is 97.8 Å². The van der Waals surface area contributed by atoms with Crippen molar-refractivity contribution >= 4 is 47.6 Å². The first-order valence-electron chi connectivity index (χ1n) is 16.3. The van der Waals surface area contributed by atoms with Gasteiger partial charge in [0.25, 0.3) is 0 Å². The second-order valence-electron chi connectivity index (χ2n) is 12.2. The number of nitrogens with zero attached hydrogens (tertiary/aromatic N) is 1. The van der Waals surface area contributed by atoms with Crippen molar-refractivity contribution in [2.45, 2.75) is 65.3 Å². The van der Waals surface area contributed by atoms with E-state index in [0.29, 0.717) is 12.7 Å². The van der Waals surface area contributed by atoms with Gasteiger partial charge in [0.2, 0.25) is 41.4 Å². The van der Waals surface area contributed by atoms with E-state index in [1.54, 1.807) is 30.3 Å². The van der Waals surface area contributed by atoms with Crippen molar-refractivity contribution in [3.05, 3.63) is 35.9 Å². The Balaban J connectivity index is 1.82. The predicted octanol–water partition coefficient (Wildman–Crippen LogP) is -1.07. The molecule has 0 spiro atoms. The second-order valence-corrected chi connectivity index (χ2v) is 12.2. The number of amides is 7. The fourth-order valence-electron chi connectivity index (χ4n) is 5.31. The van der Waals surface area contributed by atoms with Gasteiger partial charge in [-0.2, -0.15) is 0 Å². The van der Waals surface area contributed by atoms with Crippen LogP contribution in [0.25, 0.3) is 0 Å². The van der Waals surface area contributed by atoms with Gasteiger partial charge in [-0.1, -0.05) is 51.1 Å². The molecule has 1 aliphatic heterocycles. The molecule has 2 rings (SSSR count). The minimum absolute atomic E-state index is 0.0295. The SMILES string of the molecule is CCC(C)(CC)C1CC(=O)N(CC(C=O)CNCC(=O)NCC(=O)NC(Cc2ccccc2)C(=O)NCC(=O)NCCCC(N)=O)C1=O. The van der Waals surface area contributed by atoms with Crippen LogP contribution in [0.2, 0.25) is 0 Å². The van der Waals surface area contributed by atoms with Gasteiger partial charge in [0.1, 0.15) is 12.3 Å². The molecule has 1 aliphatic rings. The molecule has 15 heteroatoms. The molecule has 1 aromatic rings. The lowest BCUT2D eigenvalue weighted by atomic mass is 9.72. The van der Waals surface area contributed by atoms with Crippen LogP contribution < -0.4 is 32.3 Å². The lowest BCUT2D eigenvalue weighted by Crippen LogP contribution is -2.52. The molecule has 264 valence electrons. The van der Waals surface area contributed by atoms with Crippen molar-refractivity contribution in [3.8, 4) is 0 Å². The molecule has 48 heavy (non-hydrogen) atoms. The van der Waals surface area contributed by atoms with E-state index < -0.39 is 54.0 Å². The second kappa shape index (κ2) is 19.9. The van der Waals surface area contributed by atoms with Gasteiger partial charge >= 0.3 is 0 Å². The van der Waals surface area contributed by atoms with Crippen molar-refractivity contribution in [2.24, 2.45) is 23.0 Å². The van der Waals surface area contributed by atoms with Gasteiger partial charge in [-0.15, -0.1) is 0 Å². The highest BCUT2D eigenvalue weighted by molar-refractivity contribution is 6.04. The van der Waals surface area contributed by atoms with Gasteiger partial charge < -0.3 is 37.1 Å². The van der Waals surface area contributed by atoms with E-state index in [-0.39, 0.29) is 69.2 Å². The average molecular weight is 672 g/mol.